The highest BCUT2D eigenvalue weighted by Crippen LogP contribution is 2.24. The molecular weight excluding hydrogens is 379 g/mol. The summed E-state index contributed by atoms with van der Waals surface area (Å²) in [5.41, 5.74) is 2.35. The molecule has 1 amide bonds. The average molecular weight is 396 g/mol. The first kappa shape index (κ1) is 19.4. The fourth-order valence-electron chi connectivity index (χ4n) is 2.28. The highest BCUT2D eigenvalue weighted by molar-refractivity contribution is 7.14. The molecule has 1 heterocycles. The Morgan fingerprint density at radius 3 is 2.57 bits per heavy atom. The van der Waals surface area contributed by atoms with Crippen LogP contribution >= 0.6 is 11.3 Å². The van der Waals surface area contributed by atoms with Crippen LogP contribution in [0.15, 0.2) is 66.1 Å². The van der Waals surface area contributed by atoms with Gasteiger partial charge < -0.3 is 4.74 Å². The molecule has 3 aromatic rings. The van der Waals surface area contributed by atoms with Gasteiger partial charge in [0.25, 0.3) is 5.91 Å². The Kier molecular flexibility index (Phi) is 6.29. The lowest BCUT2D eigenvalue weighted by molar-refractivity contribution is -0.148. The quantitative estimate of drug-likeness (QED) is 0.491. The van der Waals surface area contributed by atoms with E-state index in [1.165, 1.54) is 54.7 Å². The van der Waals surface area contributed by atoms with Crippen LogP contribution in [0.25, 0.3) is 17.3 Å². The van der Waals surface area contributed by atoms with E-state index in [9.17, 15) is 14.0 Å². The fourth-order valence-corrected chi connectivity index (χ4v) is 3.01. The van der Waals surface area contributed by atoms with E-state index < -0.39 is 18.0 Å². The molecule has 0 saturated heterocycles. The molecular formula is C21H17FN2O3S. The largest absolute Gasteiger partial charge is 0.449 e. The minimum absolute atomic E-state index is 0.359. The smallest absolute Gasteiger partial charge is 0.331 e. The summed E-state index contributed by atoms with van der Waals surface area (Å²) < 4.78 is 17.9. The van der Waals surface area contributed by atoms with Crippen molar-refractivity contribution in [2.24, 2.45) is 0 Å². The molecule has 0 fully saturated rings. The molecule has 7 heteroatoms. The molecule has 1 aromatic heterocycles. The number of rotatable bonds is 6. The average Bonchev–Trinajstić information content (AvgIpc) is 3.16. The number of nitrogens with one attached hydrogen (secondary N) is 1. The van der Waals surface area contributed by atoms with E-state index >= 15 is 0 Å². The van der Waals surface area contributed by atoms with Gasteiger partial charge >= 0.3 is 5.97 Å². The van der Waals surface area contributed by atoms with E-state index in [0.717, 1.165) is 11.3 Å². The zero-order chi connectivity index (χ0) is 19.9. The number of hydrogen-bond acceptors (Lipinski definition) is 5. The maximum Gasteiger partial charge on any atom is 0.331 e. The number of anilines is 1. The predicted molar refractivity (Wildman–Crippen MR) is 107 cm³/mol. The summed E-state index contributed by atoms with van der Waals surface area (Å²) in [6, 6.07) is 15.2. The number of nitrogens with zero attached hydrogens (tertiary/aromatic N) is 1. The summed E-state index contributed by atoms with van der Waals surface area (Å²) >= 11 is 1.29. The van der Waals surface area contributed by atoms with Crippen LogP contribution in [0, 0.1) is 5.82 Å². The van der Waals surface area contributed by atoms with Gasteiger partial charge in [0.2, 0.25) is 0 Å². The van der Waals surface area contributed by atoms with Gasteiger partial charge in [-0.3, -0.25) is 10.1 Å². The third kappa shape index (κ3) is 5.34. The van der Waals surface area contributed by atoms with E-state index in [0.29, 0.717) is 10.7 Å². The summed E-state index contributed by atoms with van der Waals surface area (Å²) in [5, 5.41) is 4.91. The highest BCUT2D eigenvalue weighted by Gasteiger charge is 2.18. The van der Waals surface area contributed by atoms with Crippen LogP contribution in [0.1, 0.15) is 12.5 Å². The normalized spacial score (nSPS) is 11.9. The first-order valence-electron chi connectivity index (χ1n) is 8.47. The van der Waals surface area contributed by atoms with Crippen molar-refractivity contribution in [2.45, 2.75) is 13.0 Å². The summed E-state index contributed by atoms with van der Waals surface area (Å²) in [7, 11) is 0. The third-order valence-electron chi connectivity index (χ3n) is 3.75. The van der Waals surface area contributed by atoms with Crippen LogP contribution in [-0.2, 0) is 14.3 Å². The van der Waals surface area contributed by atoms with E-state index in [1.54, 1.807) is 0 Å². The van der Waals surface area contributed by atoms with E-state index in [2.05, 4.69) is 10.3 Å². The minimum atomic E-state index is -0.991. The zero-order valence-corrected chi connectivity index (χ0v) is 15.8. The van der Waals surface area contributed by atoms with Gasteiger partial charge in [0.15, 0.2) is 11.2 Å². The lowest BCUT2D eigenvalue weighted by Crippen LogP contribution is -2.29. The Hall–Kier alpha value is -3.32. The van der Waals surface area contributed by atoms with Crippen molar-refractivity contribution in [1.82, 2.24) is 4.98 Å². The Morgan fingerprint density at radius 1 is 1.14 bits per heavy atom. The second kappa shape index (κ2) is 9.05. The lowest BCUT2D eigenvalue weighted by atomic mass is 10.2. The lowest BCUT2D eigenvalue weighted by Gasteiger charge is -2.10. The van der Waals surface area contributed by atoms with Gasteiger partial charge in [-0.05, 0) is 30.7 Å². The van der Waals surface area contributed by atoms with Gasteiger partial charge in [-0.2, -0.15) is 0 Å². The van der Waals surface area contributed by atoms with Crippen LogP contribution in [0.2, 0.25) is 0 Å². The molecule has 142 valence electrons. The van der Waals surface area contributed by atoms with Crippen molar-refractivity contribution >= 4 is 34.4 Å². The number of carbonyl (C=O) groups excluding carboxylic acids is 2. The van der Waals surface area contributed by atoms with E-state index in [-0.39, 0.29) is 5.82 Å². The number of aromatic nitrogens is 1. The van der Waals surface area contributed by atoms with E-state index in [4.69, 9.17) is 4.74 Å². The molecule has 1 unspecified atom stereocenters. The summed E-state index contributed by atoms with van der Waals surface area (Å²) in [5.74, 6) is -1.50. The van der Waals surface area contributed by atoms with Gasteiger partial charge in [-0.15, -0.1) is 11.3 Å². The molecule has 0 bridgehead atoms. The van der Waals surface area contributed by atoms with Gasteiger partial charge in [-0.1, -0.05) is 42.5 Å². The number of carbonyl (C=O) groups is 2. The topological polar surface area (TPSA) is 68.3 Å². The standard InChI is InChI=1S/C21H17FN2O3S/c1-14(27-19(25)12-9-15-7-10-17(22)11-8-15)20(26)24-21-23-18(13-28-21)16-5-3-2-4-6-16/h2-14H,1H3,(H,23,24,26). The Bertz CT molecular complexity index is 984. The second-order valence-electron chi connectivity index (χ2n) is 5.86. The maximum atomic E-state index is 12.9. The number of benzene rings is 2. The van der Waals surface area contributed by atoms with E-state index in [1.807, 2.05) is 35.7 Å². The van der Waals surface area contributed by atoms with Crippen LogP contribution in [-0.4, -0.2) is 23.0 Å². The summed E-state index contributed by atoms with van der Waals surface area (Å²) in [6.07, 6.45) is 1.68. The molecule has 28 heavy (non-hydrogen) atoms. The Morgan fingerprint density at radius 2 is 1.86 bits per heavy atom. The Balaban J connectivity index is 1.53. The van der Waals surface area contributed by atoms with Gasteiger partial charge in [-0.25, -0.2) is 14.2 Å². The summed E-state index contributed by atoms with van der Waals surface area (Å²) in [6.45, 7) is 1.48. The van der Waals surface area contributed by atoms with Crippen LogP contribution in [0.3, 0.4) is 0 Å². The molecule has 0 aliphatic carbocycles. The SMILES string of the molecule is CC(OC(=O)C=Cc1ccc(F)cc1)C(=O)Nc1nc(-c2ccccc2)cs1. The molecule has 0 radical (unpaired) electrons. The maximum absolute atomic E-state index is 12.9. The fraction of sp³-hybridized carbons (Fsp3) is 0.0952. The molecule has 0 aliphatic heterocycles. The second-order valence-corrected chi connectivity index (χ2v) is 6.72. The minimum Gasteiger partial charge on any atom is -0.449 e. The van der Waals surface area contributed by atoms with Gasteiger partial charge in [0, 0.05) is 17.0 Å². The molecule has 2 aromatic carbocycles. The molecule has 3 rings (SSSR count). The molecule has 1 atom stereocenters. The Labute approximate surface area is 165 Å². The monoisotopic (exact) mass is 396 g/mol. The van der Waals surface area contributed by atoms with Crippen molar-refractivity contribution < 1.29 is 18.7 Å². The number of hydrogen-bond donors (Lipinski definition) is 1. The molecule has 0 saturated carbocycles. The number of halogens is 1. The zero-order valence-electron chi connectivity index (χ0n) is 15.0. The third-order valence-corrected chi connectivity index (χ3v) is 4.51. The van der Waals surface area contributed by atoms with Crippen LogP contribution < -0.4 is 5.32 Å². The first-order valence-corrected chi connectivity index (χ1v) is 9.35. The van der Waals surface area contributed by atoms with Crippen LogP contribution in [0.5, 0.6) is 0 Å². The van der Waals surface area contributed by atoms with Gasteiger partial charge in [0.05, 0.1) is 5.69 Å². The highest BCUT2D eigenvalue weighted by atomic mass is 32.1. The number of ether oxygens (including phenoxy) is 1. The molecule has 0 aliphatic rings. The first-order chi connectivity index (χ1) is 13.5. The van der Waals surface area contributed by atoms with Crippen molar-refractivity contribution in [3.8, 4) is 11.3 Å². The van der Waals surface area contributed by atoms with Crippen molar-refractivity contribution in [2.75, 3.05) is 5.32 Å². The molecule has 1 N–H and O–H groups in total. The van der Waals surface area contributed by atoms with Gasteiger partial charge in [0.1, 0.15) is 5.82 Å². The predicted octanol–water partition coefficient (Wildman–Crippen LogP) is 4.53. The van der Waals surface area contributed by atoms with Crippen molar-refractivity contribution in [1.29, 1.82) is 0 Å². The number of esters is 1. The molecule has 5 nitrogen and oxygen atoms in total. The number of amides is 1. The molecule has 0 spiro atoms. The number of thiazole rings is 1. The van der Waals surface area contributed by atoms with Crippen molar-refractivity contribution in [3.63, 3.8) is 0 Å². The van der Waals surface area contributed by atoms with Crippen molar-refractivity contribution in [3.05, 3.63) is 77.4 Å². The van der Waals surface area contributed by atoms with Crippen LogP contribution in [0.4, 0.5) is 9.52 Å². The summed E-state index contributed by atoms with van der Waals surface area (Å²) in [4.78, 5) is 28.4.